The third kappa shape index (κ3) is 18.4. The van der Waals surface area contributed by atoms with E-state index in [1.165, 1.54) is 48.7 Å². The van der Waals surface area contributed by atoms with Crippen molar-refractivity contribution in [3.8, 4) is 35.5 Å². The van der Waals surface area contributed by atoms with Gasteiger partial charge in [0.25, 0.3) is 22.2 Å². The molecule has 12 heterocycles. The number of nitrogens with one attached hydrogen (secondary N) is 4. The molecule has 4 aromatic heterocycles. The summed E-state index contributed by atoms with van der Waals surface area (Å²) in [5.74, 6) is 14.9. The second-order valence-corrected chi connectivity index (χ2v) is 62.6. The highest BCUT2D eigenvalue weighted by molar-refractivity contribution is 6.79. The van der Waals surface area contributed by atoms with E-state index in [0.717, 1.165) is 0 Å². The maximum atomic E-state index is 15.3. The van der Waals surface area contributed by atoms with Gasteiger partial charge in [-0.05, 0) is 140 Å². The van der Waals surface area contributed by atoms with Gasteiger partial charge in [0.1, 0.15) is 109 Å². The van der Waals surface area contributed by atoms with E-state index in [1.54, 1.807) is 55.4 Å². The highest BCUT2D eigenvalue weighted by Gasteiger charge is 2.65. The SMILES string of the molecule is CC(C)[Si](OCC1OC(n2c(C#CC(O[Si](C(C)C)(C(C)C)C(C)C)C3OC(n4c(C#CC(O[Si](C(C)C)(C(C)C)C(C)C)C5OC(n6c(C#CC(O[Si](C(C)C)(C(C)C)C(C)C)C7OC(n8ccc(=O)[nH]c8=O)C8OC(C)(C)OC78)cc(=O)[nH]c6=O)C6OC(C)(C)OC56)cc(=O)[nH]c4=O)C4OC(C)(C)OC34)cc(=O)[nH]c2=O)C2OC(C)(C)OC12)(C(C)C)C(C)C. The van der Waals surface area contributed by atoms with E-state index in [2.05, 4.69) is 222 Å². The Morgan fingerprint density at radius 2 is 0.571 bits per heavy atom. The zero-order chi connectivity index (χ0) is 93.2. The van der Waals surface area contributed by atoms with Gasteiger partial charge in [-0.3, -0.25) is 57.4 Å². The molecule has 4 aromatic rings. The summed E-state index contributed by atoms with van der Waals surface area (Å²) in [5, 5.41) is 0. The maximum absolute atomic E-state index is 15.3. The highest BCUT2D eigenvalue weighted by atomic mass is 28.4. The van der Waals surface area contributed by atoms with Crippen molar-refractivity contribution in [3.63, 3.8) is 0 Å². The molecule has 0 amide bonds. The number of rotatable bonds is 28. The van der Waals surface area contributed by atoms with Gasteiger partial charge in [-0.15, -0.1) is 0 Å². The number of fused-ring (bicyclic) bond motifs is 4. The predicted molar refractivity (Wildman–Crippen MR) is 482 cm³/mol. The van der Waals surface area contributed by atoms with Crippen LogP contribution in [0.5, 0.6) is 0 Å². The first-order valence-corrected chi connectivity index (χ1v) is 53.7. The fraction of sp³-hybridized carbons (Fsp3) is 0.756. The number of hydrogen-bond acceptors (Lipinski definition) is 24. The molecule has 698 valence electrons. The van der Waals surface area contributed by atoms with Gasteiger partial charge < -0.3 is 74.5 Å². The molecule has 0 spiro atoms. The van der Waals surface area contributed by atoms with Crippen LogP contribution in [0.1, 0.15) is 264 Å². The minimum absolute atomic E-state index is 0.00388. The van der Waals surface area contributed by atoms with Gasteiger partial charge in [-0.1, -0.05) is 184 Å². The zero-order valence-corrected chi connectivity index (χ0v) is 83.6. The third-order valence-corrected chi connectivity index (χ3v) is 51.7. The maximum Gasteiger partial charge on any atom is 0.331 e. The van der Waals surface area contributed by atoms with Crippen molar-refractivity contribution in [2.45, 2.75) is 428 Å². The normalized spacial score (nSPS) is 28.7. The summed E-state index contributed by atoms with van der Waals surface area (Å²) in [6.45, 7) is 65.3. The fourth-order valence-electron chi connectivity index (χ4n) is 23.0. The summed E-state index contributed by atoms with van der Waals surface area (Å²) in [5.41, 5.74) is -6.30. The lowest BCUT2D eigenvalue weighted by Crippen LogP contribution is -2.53. The van der Waals surface area contributed by atoms with Crippen molar-refractivity contribution in [3.05, 3.63) is 131 Å². The van der Waals surface area contributed by atoms with Crippen LogP contribution in [0.4, 0.5) is 0 Å². The summed E-state index contributed by atoms with van der Waals surface area (Å²) in [6, 6.07) is 4.80. The lowest BCUT2D eigenvalue weighted by molar-refractivity contribution is -0.204. The number of hydrogen-bond donors (Lipinski definition) is 4. The number of nitrogens with zero attached hydrogens (tertiary/aromatic N) is 4. The number of ether oxygens (including phenoxy) is 12. The van der Waals surface area contributed by atoms with Crippen LogP contribution in [0.15, 0.2) is 68.8 Å². The number of aromatic amines is 4. The Balaban J connectivity index is 0.979. The first-order valence-electron chi connectivity index (χ1n) is 45.2. The average Bonchev–Trinajstić information content (AvgIpc) is 1.60. The van der Waals surface area contributed by atoms with Crippen LogP contribution in [0, 0.1) is 35.5 Å². The molecular formula is C90H138N8O24Si4. The molecule has 0 bridgehead atoms. The molecular weight excluding hydrogens is 1690 g/mol. The van der Waals surface area contributed by atoms with E-state index >= 15 is 9.59 Å². The van der Waals surface area contributed by atoms with Crippen molar-refractivity contribution in [2.75, 3.05) is 6.61 Å². The van der Waals surface area contributed by atoms with Gasteiger partial charge in [-0.2, -0.15) is 0 Å². The summed E-state index contributed by atoms with van der Waals surface area (Å²) < 4.78 is 118. The summed E-state index contributed by atoms with van der Waals surface area (Å²) in [4.78, 5) is 123. The number of aromatic nitrogens is 8. The first kappa shape index (κ1) is 98.7. The topological polar surface area (TPSA) is 367 Å². The lowest BCUT2D eigenvalue weighted by Gasteiger charge is -2.45. The molecule has 19 unspecified atom stereocenters. The molecule has 4 N–H and O–H groups in total. The Labute approximate surface area is 742 Å². The van der Waals surface area contributed by atoms with Crippen LogP contribution in [0.3, 0.4) is 0 Å². The van der Waals surface area contributed by atoms with Gasteiger partial charge in [-0.25, -0.2) is 19.2 Å². The second-order valence-electron chi connectivity index (χ2n) is 40.9. The van der Waals surface area contributed by atoms with Crippen molar-refractivity contribution in [1.29, 1.82) is 0 Å². The molecule has 12 rings (SSSR count). The number of H-pyrrole nitrogens is 4. The summed E-state index contributed by atoms with van der Waals surface area (Å²) in [7, 11) is -11.7. The van der Waals surface area contributed by atoms with Crippen LogP contribution >= 0.6 is 0 Å². The van der Waals surface area contributed by atoms with E-state index < -0.39 is 218 Å². The standard InChI is InChI=1S/C90H138N8O24Si4/c1-45(2)123(46(3)4,47(5)6)107-44-63-71-75(116-87(25,26)112-71)80(108-63)96-57(41-65(100)92-84(96)104)33-37-61(121-125(51(13)14,52(15)16)53(17)18)69-73-77(118-89(29,30)114-73)82(110-69)98-59(43-67(102)94-86(98)106)35-38-62(122-126(54(19)20,55(21)22)56(23)24)70-74-78(119-90(31,32)115-74)81(111-70)97-58(42-66(101)93-85(97)105)34-36-60(120-124(48(7)8,49(9)10)50(11)12)68-72-76(117-88(27,28)113-72)79(109-68)95-40-39-64(99)91-83(95)103/h39-43,45-56,60-63,68-82H,44H2,1-32H3,(H,91,99,103)(H,92,100,104)(H,93,101,105)(H,94,102,106). The van der Waals surface area contributed by atoms with Crippen LogP contribution in [-0.2, 0) is 74.5 Å². The Morgan fingerprint density at radius 3 is 0.857 bits per heavy atom. The van der Waals surface area contributed by atoms with Crippen molar-refractivity contribution < 1.29 is 74.5 Å². The smallest absolute Gasteiger partial charge is 0.331 e. The van der Waals surface area contributed by atoms with Crippen molar-refractivity contribution in [1.82, 2.24) is 38.2 Å². The van der Waals surface area contributed by atoms with E-state index in [4.69, 9.17) is 74.5 Å². The molecule has 19 atom stereocenters. The Kier molecular flexibility index (Phi) is 28.7. The quantitative estimate of drug-likeness (QED) is 0.0303. The molecule has 8 fully saturated rings. The zero-order valence-electron chi connectivity index (χ0n) is 79.6. The monoisotopic (exact) mass is 1830 g/mol. The van der Waals surface area contributed by atoms with Crippen molar-refractivity contribution >= 4 is 33.3 Å². The fourth-order valence-corrected chi connectivity index (χ4v) is 44.8. The molecule has 8 saturated heterocycles. The van der Waals surface area contributed by atoms with E-state index in [1.807, 2.05) is 0 Å². The highest BCUT2D eigenvalue weighted by Crippen LogP contribution is 2.54. The predicted octanol–water partition coefficient (Wildman–Crippen LogP) is 11.8. The second kappa shape index (κ2) is 36.6. The molecule has 8 aliphatic heterocycles. The van der Waals surface area contributed by atoms with E-state index in [9.17, 15) is 28.8 Å². The van der Waals surface area contributed by atoms with E-state index in [0.29, 0.717) is 0 Å². The van der Waals surface area contributed by atoms with Gasteiger partial charge in [0.15, 0.2) is 56.4 Å². The Morgan fingerprint density at radius 1 is 0.325 bits per heavy atom. The molecule has 0 aliphatic carbocycles. The van der Waals surface area contributed by atoms with Gasteiger partial charge >= 0.3 is 22.8 Å². The van der Waals surface area contributed by atoms with Crippen LogP contribution in [0.25, 0.3) is 0 Å². The molecule has 32 nitrogen and oxygen atoms in total. The van der Waals surface area contributed by atoms with Crippen LogP contribution < -0.4 is 45.0 Å². The molecule has 36 heteroatoms. The van der Waals surface area contributed by atoms with Gasteiger partial charge in [0.2, 0.25) is 25.0 Å². The minimum atomic E-state index is -3.16. The summed E-state index contributed by atoms with van der Waals surface area (Å²) >= 11 is 0. The molecule has 0 saturated carbocycles. The average molecular weight is 1830 g/mol. The lowest BCUT2D eigenvalue weighted by atomic mass is 10.0. The molecule has 126 heavy (non-hydrogen) atoms. The third-order valence-electron chi connectivity index (χ3n) is 27.4. The van der Waals surface area contributed by atoms with E-state index in [-0.39, 0.29) is 90.2 Å². The Hall–Kier alpha value is -6.37. The molecule has 8 aliphatic rings. The summed E-state index contributed by atoms with van der Waals surface area (Å²) in [6.07, 6.45) is -19.8. The largest absolute Gasteiger partial charge is 0.413 e. The molecule has 0 aromatic carbocycles. The Bertz CT molecular complexity index is 5260. The van der Waals surface area contributed by atoms with Crippen molar-refractivity contribution in [2.24, 2.45) is 0 Å². The van der Waals surface area contributed by atoms with Gasteiger partial charge in [0, 0.05) is 30.5 Å². The van der Waals surface area contributed by atoms with Crippen LogP contribution in [0.2, 0.25) is 66.5 Å². The molecule has 0 radical (unpaired) electrons. The first-order chi connectivity index (χ1) is 58.5. The van der Waals surface area contributed by atoms with Crippen LogP contribution in [-0.4, -0.2) is 193 Å². The minimum Gasteiger partial charge on any atom is -0.413 e. The van der Waals surface area contributed by atoms with Gasteiger partial charge in [0.05, 0.1) is 6.61 Å².